The lowest BCUT2D eigenvalue weighted by molar-refractivity contribution is 0.411. The van der Waals surface area contributed by atoms with Crippen LogP contribution in [-0.2, 0) is 0 Å². The molecule has 0 radical (unpaired) electrons. The van der Waals surface area contributed by atoms with Gasteiger partial charge in [0.05, 0.1) is 7.11 Å². The maximum Gasteiger partial charge on any atom is 0.144 e. The molecule has 0 fully saturated rings. The molecule has 0 saturated heterocycles. The monoisotopic (exact) mass is 174 g/mol. The van der Waals surface area contributed by atoms with E-state index in [4.69, 9.17) is 10.00 Å². The van der Waals surface area contributed by atoms with Gasteiger partial charge in [0.15, 0.2) is 0 Å². The molecule has 0 aliphatic rings. The number of hydrogen-bond donors (Lipinski definition) is 0. The van der Waals surface area contributed by atoms with E-state index in [1.165, 1.54) is 0 Å². The van der Waals surface area contributed by atoms with Crippen LogP contribution in [0.3, 0.4) is 0 Å². The maximum absolute atomic E-state index is 8.62. The highest BCUT2D eigenvalue weighted by Gasteiger charge is 2.05. The third kappa shape index (κ3) is 1.85. The van der Waals surface area contributed by atoms with Crippen LogP contribution in [0.25, 0.3) is 5.57 Å². The summed E-state index contributed by atoms with van der Waals surface area (Å²) in [7, 11) is 1.56. The Labute approximate surface area is 77.3 Å². The lowest BCUT2D eigenvalue weighted by Gasteiger charge is -2.06. The van der Waals surface area contributed by atoms with E-state index >= 15 is 0 Å². The number of pyridine rings is 1. The van der Waals surface area contributed by atoms with E-state index in [0.717, 1.165) is 5.57 Å². The van der Waals surface area contributed by atoms with Gasteiger partial charge in [-0.1, -0.05) is 6.58 Å². The van der Waals surface area contributed by atoms with Gasteiger partial charge < -0.3 is 4.74 Å². The average Bonchev–Trinajstić information content (AvgIpc) is 2.16. The van der Waals surface area contributed by atoms with Crippen LogP contribution in [0.1, 0.15) is 18.3 Å². The number of rotatable bonds is 2. The van der Waals surface area contributed by atoms with Gasteiger partial charge in [-0.05, 0) is 24.6 Å². The zero-order valence-electron chi connectivity index (χ0n) is 7.66. The Kier molecular flexibility index (Phi) is 2.65. The van der Waals surface area contributed by atoms with Gasteiger partial charge in [-0.15, -0.1) is 0 Å². The van der Waals surface area contributed by atoms with Crippen molar-refractivity contribution in [3.05, 3.63) is 30.1 Å². The second-order valence-corrected chi connectivity index (χ2v) is 2.64. The summed E-state index contributed by atoms with van der Waals surface area (Å²) in [6, 6.07) is 5.30. The SMILES string of the molecule is C=C(C)c1nc(C#N)ccc1OC. The van der Waals surface area contributed by atoms with Crippen LogP contribution >= 0.6 is 0 Å². The molecule has 0 aromatic carbocycles. The Morgan fingerprint density at radius 1 is 1.62 bits per heavy atom. The molecule has 0 saturated carbocycles. The van der Waals surface area contributed by atoms with E-state index in [9.17, 15) is 0 Å². The molecule has 0 unspecified atom stereocenters. The van der Waals surface area contributed by atoms with E-state index in [1.54, 1.807) is 19.2 Å². The highest BCUT2D eigenvalue weighted by Crippen LogP contribution is 2.22. The third-order valence-corrected chi connectivity index (χ3v) is 1.60. The number of nitrogens with zero attached hydrogens (tertiary/aromatic N) is 2. The summed E-state index contributed by atoms with van der Waals surface area (Å²) in [6.07, 6.45) is 0. The fourth-order valence-electron chi connectivity index (χ4n) is 0.979. The van der Waals surface area contributed by atoms with Crippen LogP contribution in [0.4, 0.5) is 0 Å². The molecule has 0 atom stereocenters. The van der Waals surface area contributed by atoms with E-state index in [-0.39, 0.29) is 0 Å². The highest BCUT2D eigenvalue weighted by molar-refractivity contribution is 5.64. The molecule has 1 aromatic heterocycles. The minimum Gasteiger partial charge on any atom is -0.494 e. The van der Waals surface area contributed by atoms with Crippen molar-refractivity contribution in [2.24, 2.45) is 0 Å². The first-order chi connectivity index (χ1) is 6.19. The van der Waals surface area contributed by atoms with Gasteiger partial charge >= 0.3 is 0 Å². The van der Waals surface area contributed by atoms with Crippen LogP contribution in [0, 0.1) is 11.3 Å². The smallest absolute Gasteiger partial charge is 0.144 e. The van der Waals surface area contributed by atoms with Gasteiger partial charge in [0.25, 0.3) is 0 Å². The molecule has 0 N–H and O–H groups in total. The second kappa shape index (κ2) is 3.72. The molecule has 13 heavy (non-hydrogen) atoms. The number of methoxy groups -OCH3 is 1. The average molecular weight is 174 g/mol. The van der Waals surface area contributed by atoms with Crippen molar-refractivity contribution in [1.82, 2.24) is 4.98 Å². The summed E-state index contributed by atoms with van der Waals surface area (Å²) in [5.74, 6) is 0.645. The van der Waals surface area contributed by atoms with Crippen LogP contribution in [0.5, 0.6) is 5.75 Å². The largest absolute Gasteiger partial charge is 0.494 e. The normalized spacial score (nSPS) is 9.00. The fourth-order valence-corrected chi connectivity index (χ4v) is 0.979. The van der Waals surface area contributed by atoms with E-state index < -0.39 is 0 Å². The topological polar surface area (TPSA) is 45.9 Å². The van der Waals surface area contributed by atoms with Crippen molar-refractivity contribution in [1.29, 1.82) is 5.26 Å². The van der Waals surface area contributed by atoms with Crippen molar-refractivity contribution in [3.8, 4) is 11.8 Å². The molecular weight excluding hydrogens is 164 g/mol. The summed E-state index contributed by atoms with van der Waals surface area (Å²) in [4.78, 5) is 4.08. The molecule has 0 spiro atoms. The summed E-state index contributed by atoms with van der Waals surface area (Å²) >= 11 is 0. The molecule has 3 nitrogen and oxygen atoms in total. The molecule has 0 bridgehead atoms. The van der Waals surface area contributed by atoms with Crippen molar-refractivity contribution in [2.75, 3.05) is 7.11 Å². The predicted octanol–water partition coefficient (Wildman–Crippen LogP) is 1.99. The molecule has 0 amide bonds. The molecule has 1 aromatic rings. The standard InChI is InChI=1S/C10H10N2O/c1-7(2)10-9(13-3)5-4-8(6-11)12-10/h4-5H,1H2,2-3H3. The van der Waals surface area contributed by atoms with Crippen LogP contribution in [0.2, 0.25) is 0 Å². The van der Waals surface area contributed by atoms with Gasteiger partial charge in [-0.3, -0.25) is 0 Å². The minimum atomic E-state index is 0.374. The van der Waals surface area contributed by atoms with Gasteiger partial charge in [0.1, 0.15) is 23.2 Å². The number of aromatic nitrogens is 1. The summed E-state index contributed by atoms with van der Waals surface area (Å²) < 4.78 is 5.07. The Bertz CT molecular complexity index is 377. The zero-order chi connectivity index (χ0) is 9.84. The first-order valence-corrected chi connectivity index (χ1v) is 3.80. The van der Waals surface area contributed by atoms with E-state index in [2.05, 4.69) is 11.6 Å². The van der Waals surface area contributed by atoms with Gasteiger partial charge in [-0.2, -0.15) is 5.26 Å². The molecule has 0 aliphatic carbocycles. The first-order valence-electron chi connectivity index (χ1n) is 3.80. The Morgan fingerprint density at radius 3 is 2.77 bits per heavy atom. The molecule has 0 aliphatic heterocycles. The first kappa shape index (κ1) is 9.27. The molecule has 3 heteroatoms. The van der Waals surface area contributed by atoms with Crippen molar-refractivity contribution in [3.63, 3.8) is 0 Å². The lowest BCUT2D eigenvalue weighted by Crippen LogP contribution is -1.95. The Hall–Kier alpha value is -1.82. The number of ether oxygens (including phenoxy) is 1. The fraction of sp³-hybridized carbons (Fsp3) is 0.200. The molecule has 66 valence electrons. The van der Waals surface area contributed by atoms with Gasteiger partial charge in [0, 0.05) is 0 Å². The third-order valence-electron chi connectivity index (χ3n) is 1.60. The molecular formula is C10H10N2O. The number of nitriles is 1. The predicted molar refractivity (Wildman–Crippen MR) is 50.2 cm³/mol. The Morgan fingerprint density at radius 2 is 2.31 bits per heavy atom. The quantitative estimate of drug-likeness (QED) is 0.688. The van der Waals surface area contributed by atoms with Crippen molar-refractivity contribution in [2.45, 2.75) is 6.92 Å². The van der Waals surface area contributed by atoms with Crippen LogP contribution in [-0.4, -0.2) is 12.1 Å². The van der Waals surface area contributed by atoms with Gasteiger partial charge in [0.2, 0.25) is 0 Å². The Balaban J connectivity index is 3.28. The van der Waals surface area contributed by atoms with Crippen LogP contribution in [0.15, 0.2) is 18.7 Å². The van der Waals surface area contributed by atoms with Crippen molar-refractivity contribution >= 4 is 5.57 Å². The minimum absolute atomic E-state index is 0.374. The highest BCUT2D eigenvalue weighted by atomic mass is 16.5. The van der Waals surface area contributed by atoms with Gasteiger partial charge in [-0.25, -0.2) is 4.98 Å². The summed E-state index contributed by atoms with van der Waals surface area (Å²) in [5.41, 5.74) is 1.80. The number of allylic oxidation sites excluding steroid dienone is 1. The zero-order valence-corrected chi connectivity index (χ0v) is 7.66. The van der Waals surface area contributed by atoms with E-state index in [0.29, 0.717) is 17.1 Å². The lowest BCUT2D eigenvalue weighted by atomic mass is 10.2. The summed E-state index contributed by atoms with van der Waals surface area (Å²) in [6.45, 7) is 5.58. The van der Waals surface area contributed by atoms with Crippen molar-refractivity contribution < 1.29 is 4.74 Å². The summed E-state index contributed by atoms with van der Waals surface area (Å²) in [5, 5.41) is 8.62. The second-order valence-electron chi connectivity index (χ2n) is 2.64. The van der Waals surface area contributed by atoms with E-state index in [1.807, 2.05) is 13.0 Å². The van der Waals surface area contributed by atoms with Crippen LogP contribution < -0.4 is 4.74 Å². The molecule has 1 heterocycles. The number of hydrogen-bond acceptors (Lipinski definition) is 3. The molecule has 1 rings (SSSR count). The maximum atomic E-state index is 8.62.